The summed E-state index contributed by atoms with van der Waals surface area (Å²) in [6.07, 6.45) is 1.90. The fraction of sp³-hybridized carbons (Fsp3) is 1.00. The molecule has 0 radical (unpaired) electrons. The van der Waals surface area contributed by atoms with Gasteiger partial charge in [0.25, 0.3) is 0 Å². The van der Waals surface area contributed by atoms with Gasteiger partial charge in [-0.05, 0) is 20.3 Å². The highest BCUT2D eigenvalue weighted by atomic mass is 32.2. The smallest absolute Gasteiger partial charge is 0.217 e. The highest BCUT2D eigenvalue weighted by Gasteiger charge is 2.28. The molecule has 4 nitrogen and oxygen atoms in total. The fourth-order valence-corrected chi connectivity index (χ4v) is 3.12. The van der Waals surface area contributed by atoms with Crippen LogP contribution >= 0.6 is 0 Å². The topological polar surface area (TPSA) is 49.4 Å². The van der Waals surface area contributed by atoms with Gasteiger partial charge < -0.3 is 5.32 Å². The Kier molecular flexibility index (Phi) is 7.28. The third-order valence-corrected chi connectivity index (χ3v) is 5.40. The monoisotopic (exact) mass is 264 g/mol. The van der Waals surface area contributed by atoms with Crippen molar-refractivity contribution in [2.75, 3.05) is 13.6 Å². The van der Waals surface area contributed by atoms with E-state index in [2.05, 4.69) is 12.2 Å². The molecule has 104 valence electrons. The van der Waals surface area contributed by atoms with Gasteiger partial charge in [-0.2, -0.15) is 0 Å². The van der Waals surface area contributed by atoms with Crippen LogP contribution < -0.4 is 5.32 Å². The van der Waals surface area contributed by atoms with Crippen LogP contribution in [0.1, 0.15) is 47.5 Å². The van der Waals surface area contributed by atoms with E-state index in [0.717, 1.165) is 12.8 Å². The van der Waals surface area contributed by atoms with Gasteiger partial charge in [0.05, 0.1) is 5.25 Å². The summed E-state index contributed by atoms with van der Waals surface area (Å²) < 4.78 is 26.0. The molecule has 0 heterocycles. The van der Waals surface area contributed by atoms with Gasteiger partial charge in [-0.15, -0.1) is 0 Å². The van der Waals surface area contributed by atoms with Gasteiger partial charge in [0.15, 0.2) is 0 Å². The van der Waals surface area contributed by atoms with Crippen molar-refractivity contribution in [2.24, 2.45) is 0 Å². The van der Waals surface area contributed by atoms with Crippen LogP contribution in [0.2, 0.25) is 0 Å². The summed E-state index contributed by atoms with van der Waals surface area (Å²) in [4.78, 5) is 0. The van der Waals surface area contributed by atoms with Crippen molar-refractivity contribution in [1.82, 2.24) is 9.62 Å². The number of hydrogen-bond donors (Lipinski definition) is 1. The summed E-state index contributed by atoms with van der Waals surface area (Å²) >= 11 is 0. The molecule has 17 heavy (non-hydrogen) atoms. The Morgan fingerprint density at radius 1 is 1.18 bits per heavy atom. The third kappa shape index (κ3) is 5.36. The van der Waals surface area contributed by atoms with Crippen molar-refractivity contribution in [3.05, 3.63) is 0 Å². The molecule has 0 aromatic heterocycles. The zero-order valence-corrected chi connectivity index (χ0v) is 12.8. The Labute approximate surface area is 107 Å². The maximum atomic E-state index is 12.2. The molecule has 5 heteroatoms. The molecule has 0 bridgehead atoms. The van der Waals surface area contributed by atoms with Crippen molar-refractivity contribution in [3.8, 4) is 0 Å². The molecule has 0 amide bonds. The van der Waals surface area contributed by atoms with Crippen molar-refractivity contribution in [2.45, 2.75) is 64.8 Å². The third-order valence-electron chi connectivity index (χ3n) is 3.05. The molecule has 0 saturated heterocycles. The molecule has 0 fully saturated rings. The lowest BCUT2D eigenvalue weighted by Crippen LogP contribution is -2.44. The summed E-state index contributed by atoms with van der Waals surface area (Å²) in [6, 6.07) is 0.387. The number of sulfonamides is 1. The SMILES string of the molecule is CCCC(C)N(C)S(=O)(=O)C(C)CNC(C)C. The second kappa shape index (κ2) is 7.34. The van der Waals surface area contributed by atoms with Crippen LogP contribution in [0.3, 0.4) is 0 Å². The minimum Gasteiger partial charge on any atom is -0.313 e. The van der Waals surface area contributed by atoms with Gasteiger partial charge in [0.2, 0.25) is 10.0 Å². The predicted octanol–water partition coefficient (Wildman–Crippen LogP) is 1.82. The van der Waals surface area contributed by atoms with Crippen LogP contribution in [0.15, 0.2) is 0 Å². The Balaban J connectivity index is 4.53. The van der Waals surface area contributed by atoms with E-state index in [9.17, 15) is 8.42 Å². The molecule has 0 aromatic carbocycles. The molecule has 0 aromatic rings. The van der Waals surface area contributed by atoms with Crippen LogP contribution in [0.25, 0.3) is 0 Å². The van der Waals surface area contributed by atoms with Crippen LogP contribution in [-0.4, -0.2) is 43.6 Å². The number of nitrogens with zero attached hydrogens (tertiary/aromatic N) is 1. The van der Waals surface area contributed by atoms with Gasteiger partial charge in [-0.3, -0.25) is 0 Å². The van der Waals surface area contributed by atoms with Crippen molar-refractivity contribution in [1.29, 1.82) is 0 Å². The van der Waals surface area contributed by atoms with Gasteiger partial charge in [0.1, 0.15) is 0 Å². The van der Waals surface area contributed by atoms with Gasteiger partial charge >= 0.3 is 0 Å². The lowest BCUT2D eigenvalue weighted by atomic mass is 10.2. The molecule has 2 unspecified atom stereocenters. The van der Waals surface area contributed by atoms with E-state index >= 15 is 0 Å². The quantitative estimate of drug-likeness (QED) is 0.727. The fourth-order valence-electron chi connectivity index (χ4n) is 1.64. The van der Waals surface area contributed by atoms with Gasteiger partial charge in [0, 0.05) is 25.7 Å². The highest BCUT2D eigenvalue weighted by Crippen LogP contribution is 2.13. The Bertz CT molecular complexity index is 302. The molecule has 2 atom stereocenters. The van der Waals surface area contributed by atoms with E-state index in [4.69, 9.17) is 0 Å². The minimum atomic E-state index is -3.19. The molecule has 0 aliphatic rings. The first-order valence-electron chi connectivity index (χ1n) is 6.43. The molecule has 0 aliphatic carbocycles. The maximum Gasteiger partial charge on any atom is 0.217 e. The second-order valence-electron chi connectivity index (χ2n) is 5.07. The van der Waals surface area contributed by atoms with E-state index in [-0.39, 0.29) is 11.3 Å². The molecule has 0 spiro atoms. The van der Waals surface area contributed by atoms with Crippen LogP contribution in [0, 0.1) is 0 Å². The maximum absolute atomic E-state index is 12.2. The molecular formula is C12H28N2O2S. The summed E-state index contributed by atoms with van der Waals surface area (Å²) in [7, 11) is -1.50. The first-order valence-corrected chi connectivity index (χ1v) is 7.94. The lowest BCUT2D eigenvalue weighted by Gasteiger charge is -2.27. The number of hydrogen-bond acceptors (Lipinski definition) is 3. The van der Waals surface area contributed by atoms with Crippen molar-refractivity contribution >= 4 is 10.0 Å². The van der Waals surface area contributed by atoms with E-state index in [1.807, 2.05) is 20.8 Å². The largest absolute Gasteiger partial charge is 0.313 e. The number of rotatable bonds is 8. The first kappa shape index (κ1) is 16.9. The van der Waals surface area contributed by atoms with Crippen LogP contribution in [-0.2, 0) is 10.0 Å². The normalized spacial score (nSPS) is 16.5. The Morgan fingerprint density at radius 2 is 1.71 bits per heavy atom. The van der Waals surface area contributed by atoms with Crippen molar-refractivity contribution < 1.29 is 8.42 Å². The molecule has 1 N–H and O–H groups in total. The second-order valence-corrected chi connectivity index (χ2v) is 7.48. The average molecular weight is 264 g/mol. The molecule has 0 rings (SSSR count). The zero-order valence-electron chi connectivity index (χ0n) is 12.0. The van der Waals surface area contributed by atoms with Crippen LogP contribution in [0.4, 0.5) is 0 Å². The molecule has 0 aliphatic heterocycles. The van der Waals surface area contributed by atoms with E-state index in [0.29, 0.717) is 12.6 Å². The summed E-state index contributed by atoms with van der Waals surface area (Å²) in [5.41, 5.74) is 0. The summed E-state index contributed by atoms with van der Waals surface area (Å²) in [5, 5.41) is 2.79. The van der Waals surface area contributed by atoms with Crippen molar-refractivity contribution in [3.63, 3.8) is 0 Å². The first-order chi connectivity index (χ1) is 7.73. The Morgan fingerprint density at radius 3 is 2.12 bits per heavy atom. The standard InChI is InChI=1S/C12H28N2O2S/c1-7-8-11(4)14(6)17(15,16)12(5)9-13-10(2)3/h10-13H,7-9H2,1-6H3. The molecule has 0 saturated carbocycles. The minimum absolute atomic E-state index is 0.0755. The van der Waals surface area contributed by atoms with E-state index < -0.39 is 10.0 Å². The van der Waals surface area contributed by atoms with E-state index in [1.165, 1.54) is 4.31 Å². The van der Waals surface area contributed by atoms with Crippen LogP contribution in [0.5, 0.6) is 0 Å². The predicted molar refractivity (Wildman–Crippen MR) is 73.7 cm³/mol. The average Bonchev–Trinajstić information content (AvgIpc) is 2.24. The summed E-state index contributed by atoms with van der Waals surface area (Å²) in [5.74, 6) is 0. The zero-order chi connectivity index (χ0) is 13.6. The highest BCUT2D eigenvalue weighted by molar-refractivity contribution is 7.89. The van der Waals surface area contributed by atoms with Gasteiger partial charge in [-0.1, -0.05) is 27.2 Å². The summed E-state index contributed by atoms with van der Waals surface area (Å²) in [6.45, 7) is 10.3. The molecular weight excluding hydrogens is 236 g/mol. The lowest BCUT2D eigenvalue weighted by molar-refractivity contribution is 0.362. The van der Waals surface area contributed by atoms with Gasteiger partial charge in [-0.25, -0.2) is 12.7 Å². The van der Waals surface area contributed by atoms with E-state index in [1.54, 1.807) is 14.0 Å². The Hall–Kier alpha value is -0.130. The number of nitrogens with one attached hydrogen (secondary N) is 1.